The smallest absolute Gasteiger partial charge is 0.170 e. The largest absolute Gasteiger partial charge is 0.309 e. The summed E-state index contributed by atoms with van der Waals surface area (Å²) in [6.07, 6.45) is 0. The molecule has 5 nitrogen and oxygen atoms in total. The van der Waals surface area contributed by atoms with E-state index < -0.39 is 15.2 Å². The van der Waals surface area contributed by atoms with Crippen LogP contribution in [0.3, 0.4) is 0 Å². The fourth-order valence-electron chi connectivity index (χ4n) is 8.21. The molecule has 0 N–H and O–H groups in total. The highest BCUT2D eigenvalue weighted by molar-refractivity contribution is 7.87. The molecule has 258 valence electrons. The monoisotopic (exact) mass is 730 g/mol. The van der Waals surface area contributed by atoms with Gasteiger partial charge in [-0.15, -0.1) is 0 Å². The van der Waals surface area contributed by atoms with E-state index in [1.165, 1.54) is 21.1 Å². The molecule has 0 saturated carbocycles. The molecule has 0 spiro atoms. The molecule has 2 aromatic heterocycles. The van der Waals surface area contributed by atoms with E-state index in [-0.39, 0.29) is 0 Å². The Labute approximate surface area is 315 Å². The van der Waals surface area contributed by atoms with Crippen LogP contribution in [-0.4, -0.2) is 27.6 Å². The third-order valence-corrected chi connectivity index (χ3v) is 18.0. The molecule has 9 aromatic rings. The third kappa shape index (κ3) is 4.98. The molecule has 1 atom stereocenters. The standard InChI is InChI=1S/C47H35N4OPSi/c1-54(2)43-28-27-34(47-49-45(32-17-7-3-8-18-32)48-46(50-47)33-19-9-4-10-20-33)29-41(43)53(52,36-23-13-6-14-24-36)42-31-40-38(30-44(42)54)37-25-15-16-26-39(37)51(40)35-21-11-5-12-22-35/h3-31H,1-2H3. The first-order chi connectivity index (χ1) is 26.4. The van der Waals surface area contributed by atoms with Crippen molar-refractivity contribution < 1.29 is 4.57 Å². The van der Waals surface area contributed by atoms with Gasteiger partial charge in [-0.05, 0) is 40.7 Å². The molecule has 0 amide bonds. The summed E-state index contributed by atoms with van der Waals surface area (Å²) in [6, 6.07) is 60.2. The van der Waals surface area contributed by atoms with Crippen molar-refractivity contribution in [1.29, 1.82) is 0 Å². The van der Waals surface area contributed by atoms with Crippen LogP contribution in [-0.2, 0) is 4.57 Å². The number of para-hydroxylation sites is 2. The Kier molecular flexibility index (Phi) is 7.48. The predicted octanol–water partition coefficient (Wildman–Crippen LogP) is 8.75. The molecule has 3 heterocycles. The summed E-state index contributed by atoms with van der Waals surface area (Å²) in [7, 11) is -5.84. The second-order valence-electron chi connectivity index (χ2n) is 14.4. The summed E-state index contributed by atoms with van der Waals surface area (Å²) in [6.45, 7) is 4.79. The second kappa shape index (κ2) is 12.4. The Morgan fingerprint density at radius 3 is 1.61 bits per heavy atom. The lowest BCUT2D eigenvalue weighted by atomic mass is 10.1. The van der Waals surface area contributed by atoms with Crippen molar-refractivity contribution in [1.82, 2.24) is 19.5 Å². The van der Waals surface area contributed by atoms with E-state index >= 15 is 4.57 Å². The van der Waals surface area contributed by atoms with Crippen molar-refractivity contribution in [2.45, 2.75) is 13.1 Å². The molecule has 7 heteroatoms. The van der Waals surface area contributed by atoms with Gasteiger partial charge in [-0.2, -0.15) is 0 Å². The molecule has 0 bridgehead atoms. The molecular weight excluding hydrogens is 696 g/mol. The SMILES string of the molecule is C[Si]1(C)c2ccc(-c3nc(-c4ccccc4)nc(-c4ccccc4)n3)cc2P(=O)(c2ccccc2)c2cc3c(cc21)c1ccccc1n3-c1ccccc1. The molecule has 0 radical (unpaired) electrons. The minimum atomic E-state index is -3.42. The topological polar surface area (TPSA) is 60.7 Å². The van der Waals surface area contributed by atoms with E-state index in [1.54, 1.807) is 0 Å². The number of hydrogen-bond donors (Lipinski definition) is 0. The molecule has 7 aromatic carbocycles. The van der Waals surface area contributed by atoms with E-state index in [0.717, 1.165) is 49.3 Å². The van der Waals surface area contributed by atoms with Crippen LogP contribution in [0.1, 0.15) is 0 Å². The average Bonchev–Trinajstić information content (AvgIpc) is 3.57. The van der Waals surface area contributed by atoms with Gasteiger partial charge in [0.15, 0.2) is 24.6 Å². The number of rotatable bonds is 5. The molecule has 1 unspecified atom stereocenters. The van der Waals surface area contributed by atoms with Crippen molar-refractivity contribution in [3.8, 4) is 39.9 Å². The van der Waals surface area contributed by atoms with Gasteiger partial charge in [-0.3, -0.25) is 0 Å². The van der Waals surface area contributed by atoms with Gasteiger partial charge in [0.1, 0.15) is 8.07 Å². The Hall–Kier alpha value is -6.20. The van der Waals surface area contributed by atoms with E-state index in [4.69, 9.17) is 15.0 Å². The zero-order valence-electron chi connectivity index (χ0n) is 29.9. The lowest BCUT2D eigenvalue weighted by Gasteiger charge is -2.38. The lowest BCUT2D eigenvalue weighted by molar-refractivity contribution is 0.592. The third-order valence-electron chi connectivity index (χ3n) is 10.9. The Morgan fingerprint density at radius 2 is 0.981 bits per heavy atom. The van der Waals surface area contributed by atoms with Gasteiger partial charge in [-0.25, -0.2) is 15.0 Å². The highest BCUT2D eigenvalue weighted by Crippen LogP contribution is 2.46. The summed E-state index contributed by atoms with van der Waals surface area (Å²) in [5, 5.41) is 7.39. The van der Waals surface area contributed by atoms with E-state index in [0.29, 0.717) is 17.5 Å². The van der Waals surface area contributed by atoms with Gasteiger partial charge >= 0.3 is 0 Å². The fraction of sp³-hybridized carbons (Fsp3) is 0.0426. The first kappa shape index (κ1) is 32.4. The minimum Gasteiger partial charge on any atom is -0.309 e. The van der Waals surface area contributed by atoms with Gasteiger partial charge in [0.05, 0.1) is 11.0 Å². The number of benzene rings is 7. The zero-order valence-corrected chi connectivity index (χ0v) is 31.8. The highest BCUT2D eigenvalue weighted by Gasteiger charge is 2.46. The first-order valence-electron chi connectivity index (χ1n) is 18.2. The molecule has 0 saturated heterocycles. The van der Waals surface area contributed by atoms with Crippen LogP contribution in [0.15, 0.2) is 176 Å². The van der Waals surface area contributed by atoms with E-state index in [1.807, 2.05) is 97.1 Å². The van der Waals surface area contributed by atoms with Gasteiger partial charge in [0, 0.05) is 49.1 Å². The summed E-state index contributed by atoms with van der Waals surface area (Å²) in [4.78, 5) is 15.0. The van der Waals surface area contributed by atoms with Crippen LogP contribution in [0.2, 0.25) is 13.1 Å². The molecule has 1 aliphatic heterocycles. The summed E-state index contributed by atoms with van der Waals surface area (Å²) in [5.74, 6) is 1.74. The predicted molar refractivity (Wildman–Crippen MR) is 227 cm³/mol. The average molecular weight is 731 g/mol. The summed E-state index contributed by atoms with van der Waals surface area (Å²) < 4.78 is 18.9. The van der Waals surface area contributed by atoms with Crippen LogP contribution in [0.25, 0.3) is 61.7 Å². The number of hydrogen-bond acceptors (Lipinski definition) is 4. The Morgan fingerprint density at radius 1 is 0.463 bits per heavy atom. The molecular formula is C47H35N4OPSi. The van der Waals surface area contributed by atoms with E-state index in [9.17, 15) is 0 Å². The molecule has 54 heavy (non-hydrogen) atoms. The second-order valence-corrected chi connectivity index (χ2v) is 21.4. The maximum absolute atomic E-state index is 16.6. The quantitative estimate of drug-likeness (QED) is 0.131. The number of aromatic nitrogens is 4. The Balaban J connectivity index is 1.26. The first-order valence-corrected chi connectivity index (χ1v) is 22.9. The number of nitrogens with zero attached hydrogens (tertiary/aromatic N) is 4. The highest BCUT2D eigenvalue weighted by atomic mass is 31.2. The fourth-order valence-corrected chi connectivity index (χ4v) is 16.4. The van der Waals surface area contributed by atoms with Crippen LogP contribution in [0.4, 0.5) is 0 Å². The maximum Gasteiger partial charge on any atom is 0.170 e. The zero-order chi connectivity index (χ0) is 36.4. The van der Waals surface area contributed by atoms with Crippen molar-refractivity contribution in [3.63, 3.8) is 0 Å². The van der Waals surface area contributed by atoms with Crippen LogP contribution in [0.5, 0.6) is 0 Å². The molecule has 0 aliphatic carbocycles. The van der Waals surface area contributed by atoms with Crippen molar-refractivity contribution in [3.05, 3.63) is 176 Å². The van der Waals surface area contributed by atoms with Crippen LogP contribution < -0.4 is 26.3 Å². The van der Waals surface area contributed by atoms with Crippen LogP contribution >= 0.6 is 7.14 Å². The van der Waals surface area contributed by atoms with E-state index in [2.05, 4.69) is 96.5 Å². The van der Waals surface area contributed by atoms with Crippen LogP contribution in [0, 0.1) is 0 Å². The Bertz CT molecular complexity index is 2870. The molecule has 1 aliphatic rings. The molecule has 10 rings (SSSR count). The normalized spacial score (nSPS) is 15.9. The van der Waals surface area contributed by atoms with Crippen molar-refractivity contribution >= 4 is 63.3 Å². The number of fused-ring (bicyclic) bond motifs is 5. The molecule has 0 fully saturated rings. The van der Waals surface area contributed by atoms with Gasteiger partial charge in [-0.1, -0.05) is 159 Å². The van der Waals surface area contributed by atoms with Gasteiger partial charge in [0.25, 0.3) is 0 Å². The van der Waals surface area contributed by atoms with Gasteiger partial charge < -0.3 is 9.13 Å². The lowest BCUT2D eigenvalue weighted by Crippen LogP contribution is -2.67. The van der Waals surface area contributed by atoms with Crippen molar-refractivity contribution in [2.24, 2.45) is 0 Å². The summed E-state index contributed by atoms with van der Waals surface area (Å²) in [5.41, 5.74) is 5.89. The summed E-state index contributed by atoms with van der Waals surface area (Å²) >= 11 is 0. The maximum atomic E-state index is 16.6. The van der Waals surface area contributed by atoms with Crippen molar-refractivity contribution in [2.75, 3.05) is 0 Å². The minimum absolute atomic E-state index is 0.551. The van der Waals surface area contributed by atoms with Gasteiger partial charge in [0.2, 0.25) is 0 Å².